The fourth-order valence-corrected chi connectivity index (χ4v) is 0.823. The number of rotatable bonds is 2. The van der Waals surface area contributed by atoms with Gasteiger partial charge in [0.25, 0.3) is 0 Å². The topological polar surface area (TPSA) is 46.2 Å². The summed E-state index contributed by atoms with van der Waals surface area (Å²) in [6, 6.07) is 0. The van der Waals surface area contributed by atoms with Crippen LogP contribution in [0, 0.1) is 11.8 Å². The highest BCUT2D eigenvalue weighted by Gasteiger charge is 2.34. The average Bonchev–Trinajstić information content (AvgIpc) is 2.43. The van der Waals surface area contributed by atoms with Crippen LogP contribution in [0.25, 0.3) is 0 Å². The number of aliphatic hydroxyl groups excluding tert-OH is 1. The van der Waals surface area contributed by atoms with Gasteiger partial charge in [0.1, 0.15) is 0 Å². The summed E-state index contributed by atoms with van der Waals surface area (Å²) in [5.41, 5.74) is 5.29. The minimum atomic E-state index is 0.335. The Morgan fingerprint density at radius 1 is 1.57 bits per heavy atom. The second-order valence-corrected chi connectivity index (χ2v) is 2.17. The molecule has 1 fully saturated rings. The highest BCUT2D eigenvalue weighted by atomic mass is 16.3. The van der Waals surface area contributed by atoms with Crippen molar-refractivity contribution < 1.29 is 5.11 Å². The van der Waals surface area contributed by atoms with Crippen molar-refractivity contribution in [3.63, 3.8) is 0 Å². The van der Waals surface area contributed by atoms with Crippen molar-refractivity contribution in [2.45, 2.75) is 6.42 Å². The Hall–Kier alpha value is -0.0800. The normalized spacial score (nSPS) is 38.6. The monoisotopic (exact) mass is 101 g/mol. The summed E-state index contributed by atoms with van der Waals surface area (Å²) >= 11 is 0. The zero-order valence-electron chi connectivity index (χ0n) is 4.30. The quantitative estimate of drug-likeness (QED) is 0.496. The number of hydrogen-bond donors (Lipinski definition) is 2. The van der Waals surface area contributed by atoms with E-state index in [0.717, 1.165) is 13.0 Å². The Balaban J connectivity index is 2.06. The van der Waals surface area contributed by atoms with E-state index < -0.39 is 0 Å². The van der Waals surface area contributed by atoms with E-state index in [2.05, 4.69) is 0 Å². The molecule has 2 unspecified atom stereocenters. The summed E-state index contributed by atoms with van der Waals surface area (Å²) in [5, 5.41) is 8.45. The van der Waals surface area contributed by atoms with E-state index in [1.54, 1.807) is 0 Å². The van der Waals surface area contributed by atoms with Crippen LogP contribution in [0.2, 0.25) is 0 Å². The van der Waals surface area contributed by atoms with Crippen molar-refractivity contribution >= 4 is 0 Å². The molecule has 1 aliphatic carbocycles. The molecule has 0 aromatic rings. The smallest absolute Gasteiger partial charge is 0.0462 e. The van der Waals surface area contributed by atoms with Crippen LogP contribution in [0.3, 0.4) is 0 Å². The molecule has 0 heterocycles. The molecule has 0 amide bonds. The predicted octanol–water partition coefficient (Wildman–Crippen LogP) is -0.426. The second-order valence-electron chi connectivity index (χ2n) is 2.17. The molecular weight excluding hydrogens is 90.1 g/mol. The first-order valence-corrected chi connectivity index (χ1v) is 2.69. The standard InChI is InChI=1S/C5H11NO/c6-2-4-1-5(4)3-7/h4-5,7H,1-3,6H2. The van der Waals surface area contributed by atoms with Gasteiger partial charge in [0.05, 0.1) is 0 Å². The lowest BCUT2D eigenvalue weighted by molar-refractivity contribution is 0.269. The van der Waals surface area contributed by atoms with Crippen molar-refractivity contribution in [3.8, 4) is 0 Å². The Bertz CT molecular complexity index is 57.1. The van der Waals surface area contributed by atoms with Crippen LogP contribution in [-0.4, -0.2) is 18.3 Å². The van der Waals surface area contributed by atoms with E-state index in [-0.39, 0.29) is 0 Å². The molecule has 0 saturated heterocycles. The van der Waals surface area contributed by atoms with Crippen LogP contribution in [0.4, 0.5) is 0 Å². The Kier molecular flexibility index (Phi) is 1.30. The number of nitrogens with two attached hydrogens (primary N) is 1. The highest BCUT2D eigenvalue weighted by molar-refractivity contribution is 4.85. The summed E-state index contributed by atoms with van der Waals surface area (Å²) in [4.78, 5) is 0. The maximum absolute atomic E-state index is 8.45. The lowest BCUT2D eigenvalue weighted by atomic mass is 10.3. The van der Waals surface area contributed by atoms with E-state index in [0.29, 0.717) is 18.4 Å². The van der Waals surface area contributed by atoms with Gasteiger partial charge in [-0.25, -0.2) is 0 Å². The molecule has 3 N–H and O–H groups in total. The lowest BCUT2D eigenvalue weighted by Gasteiger charge is -1.85. The lowest BCUT2D eigenvalue weighted by Crippen LogP contribution is -2.03. The van der Waals surface area contributed by atoms with Gasteiger partial charge >= 0.3 is 0 Å². The maximum Gasteiger partial charge on any atom is 0.0462 e. The first-order valence-electron chi connectivity index (χ1n) is 2.69. The molecule has 42 valence electrons. The van der Waals surface area contributed by atoms with E-state index in [1.165, 1.54) is 0 Å². The van der Waals surface area contributed by atoms with Gasteiger partial charge in [-0.1, -0.05) is 0 Å². The van der Waals surface area contributed by atoms with Crippen molar-refractivity contribution in [3.05, 3.63) is 0 Å². The third-order valence-corrected chi connectivity index (χ3v) is 1.61. The third-order valence-electron chi connectivity index (χ3n) is 1.61. The van der Waals surface area contributed by atoms with E-state index in [9.17, 15) is 0 Å². The molecule has 1 saturated carbocycles. The van der Waals surface area contributed by atoms with Gasteiger partial charge in [-0.05, 0) is 24.8 Å². The molecule has 0 aromatic carbocycles. The molecule has 2 nitrogen and oxygen atoms in total. The van der Waals surface area contributed by atoms with Crippen molar-refractivity contribution in [1.29, 1.82) is 0 Å². The van der Waals surface area contributed by atoms with Gasteiger partial charge < -0.3 is 10.8 Å². The number of aliphatic hydroxyl groups is 1. The van der Waals surface area contributed by atoms with Crippen LogP contribution < -0.4 is 5.73 Å². The zero-order valence-corrected chi connectivity index (χ0v) is 4.30. The summed E-state index contributed by atoms with van der Waals surface area (Å²) in [5.74, 6) is 1.19. The van der Waals surface area contributed by atoms with Crippen LogP contribution in [-0.2, 0) is 0 Å². The van der Waals surface area contributed by atoms with Gasteiger partial charge in [0.2, 0.25) is 0 Å². The fraction of sp³-hybridized carbons (Fsp3) is 1.00. The predicted molar refractivity (Wildman–Crippen MR) is 27.7 cm³/mol. The minimum Gasteiger partial charge on any atom is -0.396 e. The van der Waals surface area contributed by atoms with Gasteiger partial charge in [-0.2, -0.15) is 0 Å². The maximum atomic E-state index is 8.45. The summed E-state index contributed by atoms with van der Waals surface area (Å²) < 4.78 is 0. The van der Waals surface area contributed by atoms with Crippen molar-refractivity contribution in [1.82, 2.24) is 0 Å². The molecule has 7 heavy (non-hydrogen) atoms. The van der Waals surface area contributed by atoms with Crippen molar-refractivity contribution in [2.75, 3.05) is 13.2 Å². The van der Waals surface area contributed by atoms with E-state index >= 15 is 0 Å². The Morgan fingerprint density at radius 3 is 2.43 bits per heavy atom. The first-order chi connectivity index (χ1) is 3.38. The van der Waals surface area contributed by atoms with Gasteiger partial charge in [0, 0.05) is 6.61 Å². The van der Waals surface area contributed by atoms with Crippen LogP contribution in [0.15, 0.2) is 0 Å². The van der Waals surface area contributed by atoms with Crippen LogP contribution >= 0.6 is 0 Å². The molecule has 2 atom stereocenters. The molecule has 1 rings (SSSR count). The molecule has 0 bridgehead atoms. The highest BCUT2D eigenvalue weighted by Crippen LogP contribution is 2.36. The summed E-state index contributed by atoms with van der Waals surface area (Å²) in [6.45, 7) is 1.09. The molecular formula is C5H11NO. The fourth-order valence-electron chi connectivity index (χ4n) is 0.823. The summed E-state index contributed by atoms with van der Waals surface area (Å²) in [7, 11) is 0. The Morgan fingerprint density at radius 2 is 2.29 bits per heavy atom. The zero-order chi connectivity index (χ0) is 5.28. The molecule has 0 spiro atoms. The van der Waals surface area contributed by atoms with Crippen molar-refractivity contribution in [2.24, 2.45) is 17.6 Å². The SMILES string of the molecule is NCC1CC1CO. The second kappa shape index (κ2) is 1.80. The van der Waals surface area contributed by atoms with E-state index in [1.807, 2.05) is 0 Å². The largest absolute Gasteiger partial charge is 0.396 e. The summed E-state index contributed by atoms with van der Waals surface area (Å²) in [6.07, 6.45) is 1.15. The average molecular weight is 101 g/mol. The van der Waals surface area contributed by atoms with E-state index in [4.69, 9.17) is 10.8 Å². The minimum absolute atomic E-state index is 0.335. The molecule has 1 aliphatic rings. The third kappa shape index (κ3) is 0.924. The Labute approximate surface area is 43.3 Å². The van der Waals surface area contributed by atoms with Gasteiger partial charge in [0.15, 0.2) is 0 Å². The van der Waals surface area contributed by atoms with Gasteiger partial charge in [-0.15, -0.1) is 0 Å². The molecule has 0 radical (unpaired) electrons. The molecule has 0 aromatic heterocycles. The van der Waals surface area contributed by atoms with Gasteiger partial charge in [-0.3, -0.25) is 0 Å². The first kappa shape index (κ1) is 5.06. The molecule has 0 aliphatic heterocycles. The number of hydrogen-bond acceptors (Lipinski definition) is 2. The van der Waals surface area contributed by atoms with Crippen LogP contribution in [0.1, 0.15) is 6.42 Å². The molecule has 2 heteroatoms. The van der Waals surface area contributed by atoms with Crippen LogP contribution in [0.5, 0.6) is 0 Å².